The van der Waals surface area contributed by atoms with Crippen molar-refractivity contribution in [1.29, 1.82) is 0 Å². The third-order valence-corrected chi connectivity index (χ3v) is 3.48. The zero-order valence-electron chi connectivity index (χ0n) is 9.84. The monoisotopic (exact) mass is 226 g/mol. The minimum Gasteiger partial charge on any atom is -0.381 e. The van der Waals surface area contributed by atoms with Crippen LogP contribution in [0.15, 0.2) is 0 Å². The van der Waals surface area contributed by atoms with Crippen LogP contribution >= 0.6 is 0 Å². The zero-order chi connectivity index (χ0) is 11.2. The summed E-state index contributed by atoms with van der Waals surface area (Å²) in [6.07, 6.45) is 5.04. The van der Waals surface area contributed by atoms with E-state index < -0.39 is 0 Å². The molecule has 1 atom stereocenters. The van der Waals surface area contributed by atoms with E-state index in [9.17, 15) is 4.79 Å². The lowest BCUT2D eigenvalue weighted by molar-refractivity contribution is -0.123. The Balaban J connectivity index is 1.66. The molecule has 0 aromatic heterocycles. The Labute approximate surface area is 97.1 Å². The molecule has 2 rings (SSSR count). The number of nitrogens with one attached hydrogen (secondary N) is 2. The van der Waals surface area contributed by atoms with Gasteiger partial charge in [-0.2, -0.15) is 0 Å². The number of hydrogen-bond donors (Lipinski definition) is 2. The molecule has 4 nitrogen and oxygen atoms in total. The first-order valence-corrected chi connectivity index (χ1v) is 6.42. The Kier molecular flexibility index (Phi) is 4.60. The first kappa shape index (κ1) is 11.9. The summed E-state index contributed by atoms with van der Waals surface area (Å²) in [6.45, 7) is 3.66. The molecule has 0 bridgehead atoms. The maximum Gasteiger partial charge on any atom is 0.220 e. The molecule has 1 amide bonds. The number of amides is 1. The Morgan fingerprint density at radius 1 is 1.31 bits per heavy atom. The van der Waals surface area contributed by atoms with E-state index in [2.05, 4.69) is 10.6 Å². The second-order valence-electron chi connectivity index (χ2n) is 4.87. The highest BCUT2D eigenvalue weighted by atomic mass is 16.5. The lowest BCUT2D eigenvalue weighted by Crippen LogP contribution is -2.46. The predicted octanol–water partition coefficient (Wildman–Crippen LogP) is 0.671. The van der Waals surface area contributed by atoms with Crippen molar-refractivity contribution in [1.82, 2.24) is 10.6 Å². The van der Waals surface area contributed by atoms with Crippen molar-refractivity contribution in [3.63, 3.8) is 0 Å². The molecule has 1 unspecified atom stereocenters. The summed E-state index contributed by atoms with van der Waals surface area (Å²) in [5, 5.41) is 6.43. The third kappa shape index (κ3) is 3.76. The van der Waals surface area contributed by atoms with Crippen LogP contribution in [0.2, 0.25) is 0 Å². The Morgan fingerprint density at radius 3 is 2.81 bits per heavy atom. The Morgan fingerprint density at radius 2 is 2.12 bits per heavy atom. The average Bonchev–Trinajstić information content (AvgIpc) is 2.31. The molecule has 2 N–H and O–H groups in total. The largest absolute Gasteiger partial charge is 0.381 e. The highest BCUT2D eigenvalue weighted by Gasteiger charge is 2.20. The van der Waals surface area contributed by atoms with Crippen molar-refractivity contribution in [2.24, 2.45) is 5.92 Å². The van der Waals surface area contributed by atoms with Crippen molar-refractivity contribution in [2.45, 2.75) is 38.1 Å². The molecule has 2 aliphatic rings. The summed E-state index contributed by atoms with van der Waals surface area (Å²) in [5.41, 5.74) is 0. The number of ether oxygens (including phenoxy) is 1. The van der Waals surface area contributed by atoms with Crippen LogP contribution in [0.1, 0.15) is 32.1 Å². The molecule has 2 heterocycles. The van der Waals surface area contributed by atoms with Crippen LogP contribution < -0.4 is 10.6 Å². The van der Waals surface area contributed by atoms with Crippen LogP contribution in [-0.4, -0.2) is 38.3 Å². The van der Waals surface area contributed by atoms with Gasteiger partial charge in [-0.05, 0) is 38.1 Å². The topological polar surface area (TPSA) is 50.4 Å². The standard InChI is InChI=1S/C12H22N2O2/c15-12(8-10-3-6-16-7-4-10)14-11-2-1-5-13-9-11/h10-11,13H,1-9H2,(H,14,15). The average molecular weight is 226 g/mol. The normalized spacial score (nSPS) is 27.6. The summed E-state index contributed by atoms with van der Waals surface area (Å²) in [7, 11) is 0. The van der Waals surface area contributed by atoms with Crippen LogP contribution in [0.25, 0.3) is 0 Å². The number of carbonyl (C=O) groups excluding carboxylic acids is 1. The molecule has 0 aliphatic carbocycles. The number of rotatable bonds is 3. The lowest BCUT2D eigenvalue weighted by Gasteiger charge is -2.26. The third-order valence-electron chi connectivity index (χ3n) is 3.48. The van der Waals surface area contributed by atoms with Crippen molar-refractivity contribution in [3.8, 4) is 0 Å². The fraction of sp³-hybridized carbons (Fsp3) is 0.917. The predicted molar refractivity (Wildman–Crippen MR) is 62.2 cm³/mol. The SMILES string of the molecule is O=C(CC1CCOCC1)NC1CCCNC1. The van der Waals surface area contributed by atoms with Gasteiger partial charge in [0.1, 0.15) is 0 Å². The molecule has 0 aromatic carbocycles. The van der Waals surface area contributed by atoms with E-state index >= 15 is 0 Å². The van der Waals surface area contributed by atoms with Crippen LogP contribution in [0, 0.1) is 5.92 Å². The van der Waals surface area contributed by atoms with Gasteiger partial charge in [0, 0.05) is 32.2 Å². The van der Waals surface area contributed by atoms with Gasteiger partial charge in [-0.25, -0.2) is 0 Å². The molecule has 0 aromatic rings. The molecular weight excluding hydrogens is 204 g/mol. The van der Waals surface area contributed by atoms with E-state index in [1.807, 2.05) is 0 Å². The smallest absolute Gasteiger partial charge is 0.220 e. The molecule has 2 fully saturated rings. The van der Waals surface area contributed by atoms with Gasteiger partial charge in [0.15, 0.2) is 0 Å². The maximum absolute atomic E-state index is 11.8. The van der Waals surface area contributed by atoms with Crippen molar-refractivity contribution < 1.29 is 9.53 Å². The maximum atomic E-state index is 11.8. The molecule has 0 radical (unpaired) electrons. The summed E-state index contributed by atoms with van der Waals surface area (Å²) in [6, 6.07) is 0.348. The second kappa shape index (κ2) is 6.21. The van der Waals surface area contributed by atoms with Gasteiger partial charge in [0.05, 0.1) is 0 Å². The summed E-state index contributed by atoms with van der Waals surface area (Å²) in [4.78, 5) is 11.8. The van der Waals surface area contributed by atoms with Crippen molar-refractivity contribution >= 4 is 5.91 Å². The molecule has 2 saturated heterocycles. The fourth-order valence-electron chi connectivity index (χ4n) is 2.47. The van der Waals surface area contributed by atoms with Gasteiger partial charge >= 0.3 is 0 Å². The van der Waals surface area contributed by atoms with Crippen LogP contribution in [0.4, 0.5) is 0 Å². The Bertz CT molecular complexity index is 199. The van der Waals surface area contributed by atoms with Gasteiger partial charge in [-0.15, -0.1) is 0 Å². The van der Waals surface area contributed by atoms with Crippen molar-refractivity contribution in [3.05, 3.63) is 0 Å². The van der Waals surface area contributed by atoms with Gasteiger partial charge in [0.2, 0.25) is 5.91 Å². The summed E-state index contributed by atoms with van der Waals surface area (Å²) >= 11 is 0. The first-order valence-electron chi connectivity index (χ1n) is 6.42. The number of hydrogen-bond acceptors (Lipinski definition) is 3. The molecule has 0 spiro atoms. The highest BCUT2D eigenvalue weighted by Crippen LogP contribution is 2.18. The molecule has 0 saturated carbocycles. The molecule has 4 heteroatoms. The van der Waals surface area contributed by atoms with E-state index in [4.69, 9.17) is 4.74 Å². The summed E-state index contributed by atoms with van der Waals surface area (Å²) < 4.78 is 5.29. The Hall–Kier alpha value is -0.610. The van der Waals surface area contributed by atoms with Crippen LogP contribution in [-0.2, 0) is 9.53 Å². The second-order valence-corrected chi connectivity index (χ2v) is 4.87. The molecule has 92 valence electrons. The van der Waals surface area contributed by atoms with E-state index in [1.54, 1.807) is 0 Å². The van der Waals surface area contributed by atoms with Gasteiger partial charge in [-0.3, -0.25) is 4.79 Å². The number of carbonyl (C=O) groups is 1. The quantitative estimate of drug-likeness (QED) is 0.743. The fourth-order valence-corrected chi connectivity index (χ4v) is 2.47. The summed E-state index contributed by atoms with van der Waals surface area (Å²) in [5.74, 6) is 0.755. The van der Waals surface area contributed by atoms with E-state index in [-0.39, 0.29) is 5.91 Å². The van der Waals surface area contributed by atoms with Crippen LogP contribution in [0.3, 0.4) is 0 Å². The van der Waals surface area contributed by atoms with Gasteiger partial charge < -0.3 is 15.4 Å². The zero-order valence-corrected chi connectivity index (χ0v) is 9.84. The molecule has 2 aliphatic heterocycles. The first-order chi connectivity index (χ1) is 7.84. The van der Waals surface area contributed by atoms with E-state index in [1.165, 1.54) is 6.42 Å². The van der Waals surface area contributed by atoms with E-state index in [0.29, 0.717) is 18.4 Å². The van der Waals surface area contributed by atoms with Crippen LogP contribution in [0.5, 0.6) is 0 Å². The minimum atomic E-state index is 0.223. The van der Waals surface area contributed by atoms with Gasteiger partial charge in [0.25, 0.3) is 0 Å². The van der Waals surface area contributed by atoms with Crippen molar-refractivity contribution in [2.75, 3.05) is 26.3 Å². The lowest BCUT2D eigenvalue weighted by atomic mass is 9.96. The van der Waals surface area contributed by atoms with E-state index in [0.717, 1.165) is 45.6 Å². The minimum absolute atomic E-state index is 0.223. The van der Waals surface area contributed by atoms with Gasteiger partial charge in [-0.1, -0.05) is 0 Å². The molecule has 16 heavy (non-hydrogen) atoms. The number of piperidine rings is 1. The molecular formula is C12H22N2O2. The highest BCUT2D eigenvalue weighted by molar-refractivity contribution is 5.76.